The van der Waals surface area contributed by atoms with E-state index in [1.807, 2.05) is 0 Å². The average Bonchev–Trinajstić information content (AvgIpc) is 2.66. The molecule has 1 heterocycles. The van der Waals surface area contributed by atoms with Gasteiger partial charge < -0.3 is 38.9 Å². The first kappa shape index (κ1) is 26.2. The summed E-state index contributed by atoms with van der Waals surface area (Å²) >= 11 is 0. The lowest BCUT2D eigenvalue weighted by Crippen LogP contribution is -2.58. The molecule has 5 atom stereocenters. The van der Waals surface area contributed by atoms with E-state index in [2.05, 4.69) is 0 Å². The third kappa shape index (κ3) is 9.81. The first-order valence-electron chi connectivity index (χ1n) is 9.86. The van der Waals surface area contributed by atoms with Gasteiger partial charge in [-0.1, -0.05) is 6.92 Å². The lowest BCUT2D eigenvalue weighted by Gasteiger charge is -2.43. The Hall–Kier alpha value is -1.79. The second-order valence-corrected chi connectivity index (χ2v) is 6.74. The van der Waals surface area contributed by atoms with Crippen molar-refractivity contribution in [2.45, 2.75) is 52.3 Å². The lowest BCUT2D eigenvalue weighted by molar-refractivity contribution is -0.290. The van der Waals surface area contributed by atoms with Crippen LogP contribution >= 0.6 is 0 Å². The number of ether oxygens (including phenoxy) is 7. The molecular formula is C19H33NO10. The Kier molecular flexibility index (Phi) is 12.5. The molecule has 0 aromatic heterocycles. The second kappa shape index (κ2) is 14.3. The van der Waals surface area contributed by atoms with Crippen LogP contribution in [0.25, 0.3) is 0 Å². The van der Waals surface area contributed by atoms with Gasteiger partial charge in [-0.25, -0.2) is 0 Å². The number of carbonyl (C=O) groups is 3. The molecule has 11 heteroatoms. The fourth-order valence-electron chi connectivity index (χ4n) is 2.89. The number of nitrogens with two attached hydrogens (primary N) is 1. The summed E-state index contributed by atoms with van der Waals surface area (Å²) in [6.07, 6.45) is -3.44. The third-order valence-corrected chi connectivity index (χ3v) is 4.15. The van der Waals surface area contributed by atoms with Crippen molar-refractivity contribution in [3.8, 4) is 0 Å². The van der Waals surface area contributed by atoms with Crippen LogP contribution in [0.5, 0.6) is 0 Å². The first-order chi connectivity index (χ1) is 14.3. The maximum atomic E-state index is 11.6. The summed E-state index contributed by atoms with van der Waals surface area (Å²) in [6.45, 7) is 7.53. The number of esters is 3. The zero-order valence-electron chi connectivity index (χ0n) is 18.0. The minimum Gasteiger partial charge on any atom is -0.463 e. The van der Waals surface area contributed by atoms with Crippen molar-refractivity contribution in [3.63, 3.8) is 0 Å². The van der Waals surface area contributed by atoms with E-state index in [4.69, 9.17) is 38.9 Å². The molecule has 2 N–H and O–H groups in total. The fraction of sp³-hybridized carbons (Fsp3) is 0.842. The van der Waals surface area contributed by atoms with E-state index < -0.39 is 48.4 Å². The number of rotatable bonds is 13. The molecule has 1 fully saturated rings. The smallest absolute Gasteiger partial charge is 0.303 e. The van der Waals surface area contributed by atoms with Crippen molar-refractivity contribution in [3.05, 3.63) is 0 Å². The SMILES string of the molecule is CC(=O)OCC1OC(OCCOCCOCCN)C(C)C(OC(C)=O)C1OC(C)=O. The van der Waals surface area contributed by atoms with Gasteiger partial charge in [-0.15, -0.1) is 0 Å². The molecule has 0 amide bonds. The van der Waals surface area contributed by atoms with Gasteiger partial charge >= 0.3 is 17.9 Å². The molecule has 5 unspecified atom stereocenters. The Morgan fingerprint density at radius 3 is 1.97 bits per heavy atom. The van der Waals surface area contributed by atoms with E-state index in [1.54, 1.807) is 6.92 Å². The molecule has 0 aliphatic carbocycles. The summed E-state index contributed by atoms with van der Waals surface area (Å²) in [6, 6.07) is 0. The summed E-state index contributed by atoms with van der Waals surface area (Å²) in [4.78, 5) is 34.4. The second-order valence-electron chi connectivity index (χ2n) is 6.74. The number of carbonyl (C=O) groups excluding carboxylic acids is 3. The molecular weight excluding hydrogens is 402 g/mol. The maximum Gasteiger partial charge on any atom is 0.303 e. The Bertz CT molecular complexity index is 543. The largest absolute Gasteiger partial charge is 0.463 e. The van der Waals surface area contributed by atoms with Gasteiger partial charge in [0.2, 0.25) is 0 Å². The van der Waals surface area contributed by atoms with Crippen LogP contribution in [-0.2, 0) is 47.5 Å². The van der Waals surface area contributed by atoms with E-state index in [0.717, 1.165) is 0 Å². The molecule has 0 aromatic carbocycles. The normalized spacial score (nSPS) is 26.1. The summed E-state index contributed by atoms with van der Waals surface area (Å²) in [5.74, 6) is -2.10. The summed E-state index contributed by atoms with van der Waals surface area (Å²) in [5, 5.41) is 0. The first-order valence-corrected chi connectivity index (χ1v) is 9.86. The lowest BCUT2D eigenvalue weighted by atomic mass is 9.92. The zero-order valence-corrected chi connectivity index (χ0v) is 18.0. The van der Waals surface area contributed by atoms with E-state index in [9.17, 15) is 14.4 Å². The van der Waals surface area contributed by atoms with Crippen molar-refractivity contribution in [2.75, 3.05) is 46.2 Å². The molecule has 1 saturated heterocycles. The number of hydrogen-bond donors (Lipinski definition) is 1. The standard InChI is InChI=1S/C19H33NO10/c1-12-17(28-14(3)22)18(29-15(4)23)16(11-27-13(2)21)30-19(12)26-10-9-25-8-7-24-6-5-20/h12,16-19H,5-11,20H2,1-4H3. The highest BCUT2D eigenvalue weighted by atomic mass is 16.7. The molecule has 0 bridgehead atoms. The summed E-state index contributed by atoms with van der Waals surface area (Å²) in [5.41, 5.74) is 5.33. The third-order valence-electron chi connectivity index (χ3n) is 4.15. The molecule has 0 saturated carbocycles. The fourth-order valence-corrected chi connectivity index (χ4v) is 2.89. The van der Waals surface area contributed by atoms with Gasteiger partial charge in [0.15, 0.2) is 12.4 Å². The average molecular weight is 435 g/mol. The minimum atomic E-state index is -0.948. The van der Waals surface area contributed by atoms with Gasteiger partial charge in [0, 0.05) is 33.2 Å². The number of hydrogen-bond acceptors (Lipinski definition) is 11. The van der Waals surface area contributed by atoms with Crippen molar-refractivity contribution >= 4 is 17.9 Å². The molecule has 174 valence electrons. The predicted molar refractivity (Wildman–Crippen MR) is 102 cm³/mol. The molecule has 11 nitrogen and oxygen atoms in total. The molecule has 0 aromatic rings. The molecule has 0 radical (unpaired) electrons. The van der Waals surface area contributed by atoms with E-state index in [1.165, 1.54) is 20.8 Å². The van der Waals surface area contributed by atoms with Crippen LogP contribution < -0.4 is 5.73 Å². The summed E-state index contributed by atoms with van der Waals surface area (Å²) in [7, 11) is 0. The quantitative estimate of drug-likeness (QED) is 0.233. The van der Waals surface area contributed by atoms with E-state index in [0.29, 0.717) is 33.0 Å². The van der Waals surface area contributed by atoms with Crippen molar-refractivity contribution in [1.29, 1.82) is 0 Å². The Labute approximate surface area is 176 Å². The van der Waals surface area contributed by atoms with Gasteiger partial charge in [0.25, 0.3) is 0 Å². The van der Waals surface area contributed by atoms with E-state index in [-0.39, 0.29) is 13.2 Å². The highest BCUT2D eigenvalue weighted by Gasteiger charge is 2.48. The monoisotopic (exact) mass is 435 g/mol. The van der Waals surface area contributed by atoms with Crippen molar-refractivity contribution in [1.82, 2.24) is 0 Å². The topological polar surface area (TPSA) is 142 Å². The predicted octanol–water partition coefficient (Wildman–Crippen LogP) is -0.218. The van der Waals surface area contributed by atoms with Crippen LogP contribution in [0.2, 0.25) is 0 Å². The van der Waals surface area contributed by atoms with E-state index >= 15 is 0 Å². The Morgan fingerprint density at radius 1 is 0.833 bits per heavy atom. The van der Waals surface area contributed by atoms with Gasteiger partial charge in [-0.05, 0) is 0 Å². The van der Waals surface area contributed by atoms with Gasteiger partial charge in [-0.2, -0.15) is 0 Å². The molecule has 1 aliphatic heterocycles. The Morgan fingerprint density at radius 2 is 1.40 bits per heavy atom. The van der Waals surface area contributed by atoms with Crippen LogP contribution in [0.4, 0.5) is 0 Å². The molecule has 0 spiro atoms. The Balaban J connectivity index is 2.71. The van der Waals surface area contributed by atoms with Gasteiger partial charge in [0.1, 0.15) is 18.8 Å². The maximum absolute atomic E-state index is 11.6. The highest BCUT2D eigenvalue weighted by Crippen LogP contribution is 2.31. The zero-order chi connectivity index (χ0) is 22.5. The van der Waals surface area contributed by atoms with Crippen LogP contribution in [0, 0.1) is 5.92 Å². The van der Waals surface area contributed by atoms with Crippen LogP contribution in [-0.4, -0.2) is 88.7 Å². The summed E-state index contributed by atoms with van der Waals surface area (Å²) < 4.78 is 38.0. The van der Waals surface area contributed by atoms with Crippen molar-refractivity contribution in [2.24, 2.45) is 11.7 Å². The molecule has 1 rings (SSSR count). The highest BCUT2D eigenvalue weighted by molar-refractivity contribution is 5.67. The molecule has 30 heavy (non-hydrogen) atoms. The molecule has 1 aliphatic rings. The van der Waals surface area contributed by atoms with Crippen LogP contribution in [0.1, 0.15) is 27.7 Å². The van der Waals surface area contributed by atoms with Crippen LogP contribution in [0.15, 0.2) is 0 Å². The van der Waals surface area contributed by atoms with Gasteiger partial charge in [-0.3, -0.25) is 14.4 Å². The van der Waals surface area contributed by atoms with Crippen LogP contribution in [0.3, 0.4) is 0 Å². The minimum absolute atomic E-state index is 0.188. The van der Waals surface area contributed by atoms with Gasteiger partial charge in [0.05, 0.1) is 33.0 Å². The van der Waals surface area contributed by atoms with Crippen molar-refractivity contribution < 1.29 is 47.5 Å².